The number of rotatable bonds is 8. The quantitative estimate of drug-likeness (QED) is 0.391. The zero-order valence-corrected chi connectivity index (χ0v) is 15.2. The van der Waals surface area contributed by atoms with Gasteiger partial charge in [-0.1, -0.05) is 0 Å². The molecule has 3 rings (SSSR count). The third-order valence-electron chi connectivity index (χ3n) is 4.23. The number of carbonyl (C=O) groups excluding carboxylic acids is 1. The third-order valence-corrected chi connectivity index (χ3v) is 4.23. The molecule has 2 N–H and O–H groups in total. The molecule has 154 valence electrons. The van der Waals surface area contributed by atoms with Gasteiger partial charge in [0.15, 0.2) is 0 Å². The summed E-state index contributed by atoms with van der Waals surface area (Å²) in [5.74, 6) is -0.277. The van der Waals surface area contributed by atoms with Crippen LogP contribution in [-0.4, -0.2) is 30.0 Å². The zero-order valence-electron chi connectivity index (χ0n) is 15.2. The second-order valence-corrected chi connectivity index (χ2v) is 6.53. The van der Waals surface area contributed by atoms with E-state index in [4.69, 9.17) is 4.74 Å². The van der Waals surface area contributed by atoms with Gasteiger partial charge >= 0.3 is 6.18 Å². The first-order chi connectivity index (χ1) is 13.7. The zero-order chi connectivity index (χ0) is 21.0. The summed E-state index contributed by atoms with van der Waals surface area (Å²) in [6.07, 6.45) is -2.50. The monoisotopic (exact) mass is 409 g/mol. The van der Waals surface area contributed by atoms with E-state index in [9.17, 15) is 28.1 Å². The molecule has 1 fully saturated rings. The van der Waals surface area contributed by atoms with Gasteiger partial charge in [-0.15, -0.1) is 0 Å². The number of benzene rings is 2. The van der Waals surface area contributed by atoms with Crippen LogP contribution in [0, 0.1) is 10.1 Å². The fourth-order valence-electron chi connectivity index (χ4n) is 2.57. The number of nitrogens with one attached hydrogen (secondary N) is 2. The molecule has 2 aromatic carbocycles. The van der Waals surface area contributed by atoms with Gasteiger partial charge in [-0.3, -0.25) is 14.9 Å². The average molecular weight is 409 g/mol. The van der Waals surface area contributed by atoms with Crippen molar-refractivity contribution in [3.05, 3.63) is 63.7 Å². The summed E-state index contributed by atoms with van der Waals surface area (Å²) in [5.41, 5.74) is -0.447. The lowest BCUT2D eigenvalue weighted by molar-refractivity contribution is -0.384. The second-order valence-electron chi connectivity index (χ2n) is 6.53. The molecular formula is C19H18F3N3O4. The van der Waals surface area contributed by atoms with Crippen LogP contribution >= 0.6 is 0 Å². The Labute approximate surface area is 164 Å². The van der Waals surface area contributed by atoms with Crippen molar-refractivity contribution in [3.8, 4) is 5.75 Å². The van der Waals surface area contributed by atoms with Crippen LogP contribution in [0.2, 0.25) is 0 Å². The number of alkyl halides is 3. The van der Waals surface area contributed by atoms with Crippen molar-refractivity contribution in [2.24, 2.45) is 0 Å². The minimum absolute atomic E-state index is 0.0283. The van der Waals surface area contributed by atoms with Crippen molar-refractivity contribution in [1.82, 2.24) is 5.32 Å². The highest BCUT2D eigenvalue weighted by molar-refractivity contribution is 5.95. The van der Waals surface area contributed by atoms with Crippen molar-refractivity contribution in [3.63, 3.8) is 0 Å². The molecule has 1 aliphatic carbocycles. The molecule has 0 aromatic heterocycles. The first kappa shape index (κ1) is 20.4. The van der Waals surface area contributed by atoms with E-state index in [2.05, 4.69) is 10.6 Å². The largest absolute Gasteiger partial charge is 0.492 e. The molecule has 7 nitrogen and oxygen atoms in total. The van der Waals surface area contributed by atoms with Crippen LogP contribution in [0.25, 0.3) is 0 Å². The van der Waals surface area contributed by atoms with Crippen molar-refractivity contribution in [2.75, 3.05) is 18.5 Å². The Hall–Kier alpha value is -3.30. The Bertz CT molecular complexity index is 897. The SMILES string of the molecule is O=C(NCCOc1ccc(C(F)(F)F)cc1)c1ccc(NC2CC2)c([N+](=O)[O-])c1. The minimum atomic E-state index is -4.42. The molecular weight excluding hydrogens is 391 g/mol. The topological polar surface area (TPSA) is 93.5 Å². The summed E-state index contributed by atoms with van der Waals surface area (Å²) in [5, 5.41) is 16.9. The Morgan fingerprint density at radius 3 is 2.45 bits per heavy atom. The maximum atomic E-state index is 12.5. The number of nitrogens with zero attached hydrogens (tertiary/aromatic N) is 1. The van der Waals surface area contributed by atoms with E-state index in [-0.39, 0.29) is 36.2 Å². The number of carbonyl (C=O) groups is 1. The van der Waals surface area contributed by atoms with Gasteiger partial charge in [0.05, 0.1) is 17.0 Å². The fraction of sp³-hybridized carbons (Fsp3) is 0.316. The standard InChI is InChI=1S/C19H18F3N3O4/c20-19(21,22)13-2-6-15(7-3-13)29-10-9-23-18(26)12-1-8-16(24-14-4-5-14)17(11-12)25(27)28/h1-3,6-8,11,14,24H,4-5,9-10H2,(H,23,26). The van der Waals surface area contributed by atoms with Gasteiger partial charge < -0.3 is 15.4 Å². The van der Waals surface area contributed by atoms with E-state index in [1.165, 1.54) is 30.3 Å². The molecule has 0 bridgehead atoms. The smallest absolute Gasteiger partial charge is 0.416 e. The van der Waals surface area contributed by atoms with Crippen LogP contribution < -0.4 is 15.4 Å². The van der Waals surface area contributed by atoms with Crippen molar-refractivity contribution in [2.45, 2.75) is 25.1 Å². The van der Waals surface area contributed by atoms with Gasteiger partial charge in [0, 0.05) is 17.7 Å². The number of hydrogen-bond donors (Lipinski definition) is 2. The van der Waals surface area contributed by atoms with Crippen LogP contribution in [0.5, 0.6) is 5.75 Å². The van der Waals surface area contributed by atoms with Crippen LogP contribution in [-0.2, 0) is 6.18 Å². The summed E-state index contributed by atoms with van der Waals surface area (Å²) in [6, 6.07) is 8.63. The van der Waals surface area contributed by atoms with E-state index < -0.39 is 22.6 Å². The molecule has 10 heteroatoms. The van der Waals surface area contributed by atoms with Crippen molar-refractivity contribution in [1.29, 1.82) is 0 Å². The van der Waals surface area contributed by atoms with Gasteiger partial charge in [-0.25, -0.2) is 0 Å². The van der Waals surface area contributed by atoms with E-state index in [1.807, 2.05) is 0 Å². The van der Waals surface area contributed by atoms with Crippen LogP contribution in [0.4, 0.5) is 24.5 Å². The number of nitro groups is 1. The molecule has 0 saturated heterocycles. The predicted molar refractivity (Wildman–Crippen MR) is 99.0 cm³/mol. The van der Waals surface area contributed by atoms with Gasteiger partial charge in [0.25, 0.3) is 11.6 Å². The predicted octanol–water partition coefficient (Wildman–Crippen LogP) is 4.00. The molecule has 0 atom stereocenters. The Kier molecular flexibility index (Phi) is 5.90. The first-order valence-corrected chi connectivity index (χ1v) is 8.87. The Morgan fingerprint density at radius 1 is 1.17 bits per heavy atom. The molecule has 1 aliphatic rings. The number of anilines is 1. The summed E-state index contributed by atoms with van der Waals surface area (Å²) in [6.45, 7) is 0.107. The minimum Gasteiger partial charge on any atom is -0.492 e. The van der Waals surface area contributed by atoms with Crippen LogP contribution in [0.15, 0.2) is 42.5 Å². The summed E-state index contributed by atoms with van der Waals surface area (Å²) < 4.78 is 42.8. The Morgan fingerprint density at radius 2 is 1.86 bits per heavy atom. The lowest BCUT2D eigenvalue weighted by Gasteiger charge is -2.10. The molecule has 0 heterocycles. The van der Waals surface area contributed by atoms with E-state index >= 15 is 0 Å². The number of hydrogen-bond acceptors (Lipinski definition) is 5. The number of nitro benzene ring substituents is 1. The highest BCUT2D eigenvalue weighted by Crippen LogP contribution is 2.32. The van der Waals surface area contributed by atoms with E-state index in [0.29, 0.717) is 5.69 Å². The van der Waals surface area contributed by atoms with Gasteiger partial charge in [0.2, 0.25) is 0 Å². The average Bonchev–Trinajstić information content (AvgIpc) is 3.49. The molecule has 1 amide bonds. The first-order valence-electron chi connectivity index (χ1n) is 8.87. The number of halogens is 3. The molecule has 0 spiro atoms. The number of amides is 1. The Balaban J connectivity index is 1.51. The van der Waals surface area contributed by atoms with Gasteiger partial charge in [-0.2, -0.15) is 13.2 Å². The molecule has 29 heavy (non-hydrogen) atoms. The van der Waals surface area contributed by atoms with Gasteiger partial charge in [-0.05, 0) is 49.2 Å². The molecule has 0 aliphatic heterocycles. The second kappa shape index (κ2) is 8.38. The molecule has 0 radical (unpaired) electrons. The maximum Gasteiger partial charge on any atom is 0.416 e. The highest BCUT2D eigenvalue weighted by Gasteiger charge is 2.30. The van der Waals surface area contributed by atoms with E-state index in [1.54, 1.807) is 0 Å². The van der Waals surface area contributed by atoms with Gasteiger partial charge in [0.1, 0.15) is 18.0 Å². The maximum absolute atomic E-state index is 12.5. The summed E-state index contributed by atoms with van der Waals surface area (Å²) >= 11 is 0. The van der Waals surface area contributed by atoms with E-state index in [0.717, 1.165) is 25.0 Å². The molecule has 2 aromatic rings. The normalized spacial score (nSPS) is 13.6. The molecule has 1 saturated carbocycles. The molecule has 0 unspecified atom stereocenters. The van der Waals surface area contributed by atoms with Crippen LogP contribution in [0.1, 0.15) is 28.8 Å². The highest BCUT2D eigenvalue weighted by atomic mass is 19.4. The lowest BCUT2D eigenvalue weighted by Crippen LogP contribution is -2.28. The number of ether oxygens (including phenoxy) is 1. The summed E-state index contributed by atoms with van der Waals surface area (Å²) in [7, 11) is 0. The third kappa shape index (κ3) is 5.59. The summed E-state index contributed by atoms with van der Waals surface area (Å²) in [4.78, 5) is 22.9. The van der Waals surface area contributed by atoms with Crippen LogP contribution in [0.3, 0.4) is 0 Å². The fourth-order valence-corrected chi connectivity index (χ4v) is 2.57. The van der Waals surface area contributed by atoms with Crippen molar-refractivity contribution < 1.29 is 27.6 Å². The lowest BCUT2D eigenvalue weighted by atomic mass is 10.1. The van der Waals surface area contributed by atoms with Crippen molar-refractivity contribution >= 4 is 17.3 Å².